The summed E-state index contributed by atoms with van der Waals surface area (Å²) in [6.45, 7) is 0.877. The number of ether oxygens (including phenoxy) is 2. The van der Waals surface area contributed by atoms with Crippen LogP contribution < -0.4 is 4.74 Å². The summed E-state index contributed by atoms with van der Waals surface area (Å²) in [7, 11) is 1.26. The first-order chi connectivity index (χ1) is 10.4. The molecule has 0 aliphatic heterocycles. The van der Waals surface area contributed by atoms with Gasteiger partial charge < -0.3 is 14.5 Å². The summed E-state index contributed by atoms with van der Waals surface area (Å²) in [5.74, 6) is -0.696. The van der Waals surface area contributed by atoms with Crippen LogP contribution in [0.3, 0.4) is 0 Å². The van der Waals surface area contributed by atoms with Crippen LogP contribution in [0.25, 0.3) is 11.3 Å². The van der Waals surface area contributed by atoms with E-state index in [0.717, 1.165) is 5.69 Å². The van der Waals surface area contributed by atoms with Crippen LogP contribution in [0, 0.1) is 0 Å². The molecule has 0 saturated carbocycles. The van der Waals surface area contributed by atoms with Crippen molar-refractivity contribution in [2.75, 3.05) is 7.11 Å². The summed E-state index contributed by atoms with van der Waals surface area (Å²) in [6, 6.07) is 4.77. The van der Waals surface area contributed by atoms with Crippen molar-refractivity contribution in [3.05, 3.63) is 35.7 Å². The Morgan fingerprint density at radius 2 is 2.09 bits per heavy atom. The first-order valence-corrected chi connectivity index (χ1v) is 6.65. The molecule has 0 aliphatic carbocycles. The number of methoxy groups -OCH3 is 1. The van der Waals surface area contributed by atoms with Crippen molar-refractivity contribution >= 4 is 5.97 Å². The van der Waals surface area contributed by atoms with Gasteiger partial charge in [0.05, 0.1) is 23.9 Å². The number of rotatable bonds is 5. The van der Waals surface area contributed by atoms with E-state index >= 15 is 0 Å². The predicted molar refractivity (Wildman–Crippen MR) is 76.1 cm³/mol. The first-order valence-electron chi connectivity index (χ1n) is 6.65. The zero-order valence-electron chi connectivity index (χ0n) is 12.4. The second kappa shape index (κ2) is 6.55. The molecule has 0 radical (unpaired) electrons. The standard InChI is InChI=1S/C15H16F2N2O3/c1-8(2)11-7-10(14(20)21-3)12(19-11)9-5-4-6-18-13(9)22-15(16)17/h4-8,15,19H,1-3H3. The smallest absolute Gasteiger partial charge is 0.388 e. The van der Waals surface area contributed by atoms with Gasteiger partial charge in [0.25, 0.3) is 0 Å². The Bertz CT molecular complexity index is 669. The van der Waals surface area contributed by atoms with Crippen molar-refractivity contribution < 1.29 is 23.0 Å². The zero-order chi connectivity index (χ0) is 16.3. The van der Waals surface area contributed by atoms with Gasteiger partial charge in [0.1, 0.15) is 0 Å². The summed E-state index contributed by atoms with van der Waals surface area (Å²) < 4.78 is 34.2. The molecule has 0 amide bonds. The summed E-state index contributed by atoms with van der Waals surface area (Å²) in [5, 5.41) is 0. The van der Waals surface area contributed by atoms with E-state index in [4.69, 9.17) is 4.74 Å². The number of halogens is 2. The average Bonchev–Trinajstić information content (AvgIpc) is 2.91. The molecule has 0 aromatic carbocycles. The van der Waals surface area contributed by atoms with Gasteiger partial charge in [-0.2, -0.15) is 8.78 Å². The second-order valence-corrected chi connectivity index (χ2v) is 4.89. The summed E-state index contributed by atoms with van der Waals surface area (Å²) in [4.78, 5) is 18.8. The number of carbonyl (C=O) groups excluding carboxylic acids is 1. The lowest BCUT2D eigenvalue weighted by atomic mass is 10.1. The number of H-pyrrole nitrogens is 1. The van der Waals surface area contributed by atoms with E-state index in [2.05, 4.69) is 14.7 Å². The van der Waals surface area contributed by atoms with Gasteiger partial charge in [0.15, 0.2) is 0 Å². The fourth-order valence-electron chi connectivity index (χ4n) is 2.03. The summed E-state index contributed by atoms with van der Waals surface area (Å²) in [6.07, 6.45) is 1.34. The average molecular weight is 310 g/mol. The second-order valence-electron chi connectivity index (χ2n) is 4.89. The third kappa shape index (κ3) is 3.24. The van der Waals surface area contributed by atoms with E-state index in [1.807, 2.05) is 13.8 Å². The highest BCUT2D eigenvalue weighted by atomic mass is 19.3. The molecule has 7 heteroatoms. The number of aromatic amines is 1. The van der Waals surface area contributed by atoms with Gasteiger partial charge >= 0.3 is 12.6 Å². The Labute approximate surface area is 126 Å². The van der Waals surface area contributed by atoms with Crippen LogP contribution in [-0.4, -0.2) is 29.7 Å². The number of hydrogen-bond donors (Lipinski definition) is 1. The quantitative estimate of drug-likeness (QED) is 0.857. The van der Waals surface area contributed by atoms with E-state index in [1.54, 1.807) is 18.2 Å². The highest BCUT2D eigenvalue weighted by Gasteiger charge is 2.22. The minimum absolute atomic E-state index is 0.119. The van der Waals surface area contributed by atoms with Crippen LogP contribution in [0.4, 0.5) is 8.78 Å². The van der Waals surface area contributed by atoms with Crippen molar-refractivity contribution in [1.29, 1.82) is 0 Å². The van der Waals surface area contributed by atoms with Crippen LogP contribution >= 0.6 is 0 Å². The molecule has 2 aromatic rings. The molecule has 0 saturated heterocycles. The molecule has 1 N–H and O–H groups in total. The minimum atomic E-state index is -3.00. The van der Waals surface area contributed by atoms with Gasteiger partial charge in [-0.3, -0.25) is 0 Å². The van der Waals surface area contributed by atoms with E-state index in [9.17, 15) is 13.6 Å². The number of carbonyl (C=O) groups is 1. The normalized spacial score (nSPS) is 11.0. The third-order valence-corrected chi connectivity index (χ3v) is 3.11. The number of nitrogens with one attached hydrogen (secondary N) is 1. The lowest BCUT2D eigenvalue weighted by Crippen LogP contribution is -2.06. The molecule has 0 bridgehead atoms. The highest BCUT2D eigenvalue weighted by molar-refractivity contribution is 5.97. The maximum Gasteiger partial charge on any atom is 0.388 e. The Morgan fingerprint density at radius 1 is 1.36 bits per heavy atom. The fourth-order valence-corrected chi connectivity index (χ4v) is 2.03. The molecule has 118 valence electrons. The maximum atomic E-state index is 12.5. The van der Waals surface area contributed by atoms with Crippen molar-refractivity contribution in [3.8, 4) is 17.1 Å². The van der Waals surface area contributed by atoms with E-state index < -0.39 is 12.6 Å². The number of pyridine rings is 1. The molecule has 2 rings (SSSR count). The summed E-state index contributed by atoms with van der Waals surface area (Å²) in [5.41, 5.74) is 1.65. The Morgan fingerprint density at radius 3 is 2.68 bits per heavy atom. The fraction of sp³-hybridized carbons (Fsp3) is 0.333. The van der Waals surface area contributed by atoms with E-state index in [1.165, 1.54) is 13.3 Å². The topological polar surface area (TPSA) is 64.2 Å². The Kier molecular flexibility index (Phi) is 4.75. The lowest BCUT2D eigenvalue weighted by molar-refractivity contribution is -0.0524. The van der Waals surface area contributed by atoms with Crippen LogP contribution in [0.15, 0.2) is 24.4 Å². The summed E-state index contributed by atoms with van der Waals surface area (Å²) >= 11 is 0. The molecule has 0 spiro atoms. The SMILES string of the molecule is COC(=O)c1cc(C(C)C)[nH]c1-c1cccnc1OC(F)F. The first kappa shape index (κ1) is 15.9. The zero-order valence-corrected chi connectivity index (χ0v) is 12.4. The van der Waals surface area contributed by atoms with Gasteiger partial charge in [-0.1, -0.05) is 13.8 Å². The van der Waals surface area contributed by atoms with Crippen LogP contribution in [-0.2, 0) is 4.74 Å². The van der Waals surface area contributed by atoms with E-state index in [-0.39, 0.29) is 22.9 Å². The van der Waals surface area contributed by atoms with E-state index in [0.29, 0.717) is 5.69 Å². The Hall–Kier alpha value is -2.44. The number of alkyl halides is 2. The lowest BCUT2D eigenvalue weighted by Gasteiger charge is -2.09. The van der Waals surface area contributed by atoms with Gasteiger partial charge in [-0.15, -0.1) is 0 Å². The van der Waals surface area contributed by atoms with Crippen LogP contribution in [0.1, 0.15) is 35.8 Å². The highest BCUT2D eigenvalue weighted by Crippen LogP contribution is 2.33. The molecular weight excluding hydrogens is 294 g/mol. The van der Waals surface area contributed by atoms with Crippen molar-refractivity contribution in [1.82, 2.24) is 9.97 Å². The van der Waals surface area contributed by atoms with Crippen molar-refractivity contribution in [3.63, 3.8) is 0 Å². The van der Waals surface area contributed by atoms with Crippen LogP contribution in [0.5, 0.6) is 5.88 Å². The minimum Gasteiger partial charge on any atom is -0.465 e. The Balaban J connectivity index is 2.58. The largest absolute Gasteiger partial charge is 0.465 e. The number of esters is 1. The maximum absolute atomic E-state index is 12.5. The molecule has 5 nitrogen and oxygen atoms in total. The molecule has 2 aromatic heterocycles. The van der Waals surface area contributed by atoms with Crippen molar-refractivity contribution in [2.24, 2.45) is 0 Å². The molecule has 0 atom stereocenters. The third-order valence-electron chi connectivity index (χ3n) is 3.11. The molecule has 22 heavy (non-hydrogen) atoms. The van der Waals surface area contributed by atoms with Crippen LogP contribution in [0.2, 0.25) is 0 Å². The molecule has 2 heterocycles. The van der Waals surface area contributed by atoms with Gasteiger partial charge in [-0.25, -0.2) is 9.78 Å². The number of aromatic nitrogens is 2. The molecule has 0 aliphatic rings. The van der Waals surface area contributed by atoms with Crippen molar-refractivity contribution in [2.45, 2.75) is 26.4 Å². The van der Waals surface area contributed by atoms with Gasteiger partial charge in [0.2, 0.25) is 5.88 Å². The molecule has 0 unspecified atom stereocenters. The number of hydrogen-bond acceptors (Lipinski definition) is 4. The molecule has 0 fully saturated rings. The van der Waals surface area contributed by atoms with Gasteiger partial charge in [0, 0.05) is 11.9 Å². The monoisotopic (exact) mass is 310 g/mol. The predicted octanol–water partition coefficient (Wildman–Crippen LogP) is 3.59. The molecular formula is C15H16F2N2O3. The number of nitrogens with zero attached hydrogens (tertiary/aromatic N) is 1. The van der Waals surface area contributed by atoms with Gasteiger partial charge in [-0.05, 0) is 24.1 Å².